The standard InChI is InChI=1S/C27H18F2N8O/c28-16-3-1-2-14(8-16)18-6-7-31-25-22(18)34-26(35-25)23-20-21(29)19(12-32-24(20)37-36-23)15-9-17(11-30-10-15)33-27(38)13-4-5-13/h1-3,6-13H,4-5H2,(H,33,38)(H,31,34,35)(H,32,36,37). The van der Waals surface area contributed by atoms with Crippen LogP contribution in [-0.2, 0) is 4.79 Å². The third-order valence-corrected chi connectivity index (χ3v) is 6.54. The number of aromatic nitrogens is 7. The van der Waals surface area contributed by atoms with E-state index in [9.17, 15) is 9.18 Å². The van der Waals surface area contributed by atoms with Crippen molar-refractivity contribution in [3.63, 3.8) is 0 Å². The van der Waals surface area contributed by atoms with Crippen LogP contribution in [0.3, 0.4) is 0 Å². The molecule has 38 heavy (non-hydrogen) atoms. The lowest BCUT2D eigenvalue weighted by Crippen LogP contribution is -2.13. The first-order valence-electron chi connectivity index (χ1n) is 11.9. The summed E-state index contributed by atoms with van der Waals surface area (Å²) in [5, 5.41) is 10.0. The molecule has 5 heterocycles. The second-order valence-corrected chi connectivity index (χ2v) is 9.16. The van der Waals surface area contributed by atoms with Crippen molar-refractivity contribution < 1.29 is 13.6 Å². The average molecular weight is 508 g/mol. The largest absolute Gasteiger partial charge is 0.324 e. The van der Waals surface area contributed by atoms with Crippen LogP contribution in [0.2, 0.25) is 0 Å². The van der Waals surface area contributed by atoms with Gasteiger partial charge in [-0.25, -0.2) is 23.7 Å². The molecule has 186 valence electrons. The molecule has 9 nitrogen and oxygen atoms in total. The van der Waals surface area contributed by atoms with Crippen LogP contribution in [0, 0.1) is 17.6 Å². The highest BCUT2D eigenvalue weighted by Crippen LogP contribution is 2.35. The smallest absolute Gasteiger partial charge is 0.227 e. The van der Waals surface area contributed by atoms with E-state index in [0.29, 0.717) is 33.5 Å². The molecule has 3 N–H and O–H groups in total. The van der Waals surface area contributed by atoms with Gasteiger partial charge in [0.25, 0.3) is 0 Å². The highest BCUT2D eigenvalue weighted by molar-refractivity contribution is 5.97. The van der Waals surface area contributed by atoms with Crippen molar-refractivity contribution in [3.8, 4) is 33.8 Å². The van der Waals surface area contributed by atoms with Crippen molar-refractivity contribution in [2.75, 3.05) is 5.32 Å². The van der Waals surface area contributed by atoms with Crippen LogP contribution >= 0.6 is 0 Å². The number of anilines is 1. The number of nitrogens with one attached hydrogen (secondary N) is 3. The number of amides is 1. The topological polar surface area (TPSA) is 125 Å². The number of H-pyrrole nitrogens is 2. The molecule has 0 atom stereocenters. The van der Waals surface area contributed by atoms with Crippen molar-refractivity contribution >= 4 is 33.8 Å². The van der Waals surface area contributed by atoms with Crippen molar-refractivity contribution in [1.29, 1.82) is 0 Å². The van der Waals surface area contributed by atoms with Gasteiger partial charge in [0.2, 0.25) is 5.91 Å². The lowest BCUT2D eigenvalue weighted by molar-refractivity contribution is -0.117. The monoisotopic (exact) mass is 508 g/mol. The zero-order valence-electron chi connectivity index (χ0n) is 19.7. The molecule has 0 unspecified atom stereocenters. The van der Waals surface area contributed by atoms with Crippen LogP contribution in [0.4, 0.5) is 14.5 Å². The summed E-state index contributed by atoms with van der Waals surface area (Å²) in [5.41, 5.74) is 3.86. The van der Waals surface area contributed by atoms with Crippen LogP contribution in [0.15, 0.2) is 61.2 Å². The van der Waals surface area contributed by atoms with Crippen LogP contribution in [0.5, 0.6) is 0 Å². The third-order valence-electron chi connectivity index (χ3n) is 6.54. The Morgan fingerprint density at radius 3 is 2.71 bits per heavy atom. The molecule has 5 aromatic heterocycles. The van der Waals surface area contributed by atoms with E-state index in [1.54, 1.807) is 30.5 Å². The van der Waals surface area contributed by atoms with Gasteiger partial charge in [-0.2, -0.15) is 5.10 Å². The van der Waals surface area contributed by atoms with Gasteiger partial charge in [0.05, 0.1) is 17.3 Å². The summed E-state index contributed by atoms with van der Waals surface area (Å²) in [5.74, 6) is -0.685. The minimum Gasteiger partial charge on any atom is -0.324 e. The number of fused-ring (bicyclic) bond motifs is 2. The van der Waals surface area contributed by atoms with Gasteiger partial charge in [-0.15, -0.1) is 0 Å². The van der Waals surface area contributed by atoms with Crippen molar-refractivity contribution in [2.45, 2.75) is 12.8 Å². The van der Waals surface area contributed by atoms with E-state index in [0.717, 1.165) is 12.8 Å². The number of halogens is 2. The van der Waals surface area contributed by atoms with Crippen molar-refractivity contribution in [2.24, 2.45) is 5.92 Å². The Morgan fingerprint density at radius 1 is 0.974 bits per heavy atom. The number of hydrogen-bond acceptors (Lipinski definition) is 6. The number of pyridine rings is 3. The number of carbonyl (C=O) groups is 1. The highest BCUT2D eigenvalue weighted by atomic mass is 19.1. The number of hydrogen-bond donors (Lipinski definition) is 3. The molecule has 1 saturated carbocycles. The molecule has 1 aliphatic rings. The second-order valence-electron chi connectivity index (χ2n) is 9.16. The maximum atomic E-state index is 16.0. The first kappa shape index (κ1) is 22.2. The van der Waals surface area contributed by atoms with E-state index in [2.05, 4.69) is 40.4 Å². The summed E-state index contributed by atoms with van der Waals surface area (Å²) in [4.78, 5) is 32.8. The first-order valence-corrected chi connectivity index (χ1v) is 11.9. The number of benzene rings is 1. The Morgan fingerprint density at radius 2 is 1.87 bits per heavy atom. The van der Waals surface area contributed by atoms with Gasteiger partial charge in [0.1, 0.15) is 22.8 Å². The Balaban J connectivity index is 1.32. The second kappa shape index (κ2) is 8.51. The molecule has 1 aromatic carbocycles. The fourth-order valence-electron chi connectivity index (χ4n) is 4.48. The normalized spacial score (nSPS) is 13.3. The summed E-state index contributed by atoms with van der Waals surface area (Å²) in [6.45, 7) is 0. The molecule has 0 spiro atoms. The van der Waals surface area contributed by atoms with Gasteiger partial charge in [-0.1, -0.05) is 12.1 Å². The SMILES string of the molecule is O=C(Nc1cncc(-c2cnc3[nH]nc(-c4nc5c(-c6cccc(F)c6)ccnc5[nH]4)c3c2F)c1)C1CC1. The molecule has 1 fully saturated rings. The zero-order chi connectivity index (χ0) is 25.8. The summed E-state index contributed by atoms with van der Waals surface area (Å²) >= 11 is 0. The molecule has 0 bridgehead atoms. The molecule has 0 saturated heterocycles. The number of aromatic amines is 2. The predicted molar refractivity (Wildman–Crippen MR) is 137 cm³/mol. The van der Waals surface area contributed by atoms with Crippen LogP contribution < -0.4 is 5.32 Å². The summed E-state index contributed by atoms with van der Waals surface area (Å²) in [6, 6.07) is 9.59. The molecular formula is C27H18F2N8O. The average Bonchev–Trinajstić information content (AvgIpc) is 3.54. The Hall–Kier alpha value is -5.06. The molecular weight excluding hydrogens is 490 g/mol. The molecule has 7 rings (SSSR count). The summed E-state index contributed by atoms with van der Waals surface area (Å²) in [7, 11) is 0. The fourth-order valence-corrected chi connectivity index (χ4v) is 4.48. The van der Waals surface area contributed by atoms with Gasteiger partial charge in [-0.05, 0) is 42.7 Å². The molecule has 1 amide bonds. The Bertz CT molecular complexity index is 1870. The zero-order valence-corrected chi connectivity index (χ0v) is 19.7. The van der Waals surface area contributed by atoms with E-state index in [-0.39, 0.29) is 45.8 Å². The Kier molecular flexibility index (Phi) is 4.96. The molecule has 0 aliphatic heterocycles. The van der Waals surface area contributed by atoms with Crippen molar-refractivity contribution in [1.82, 2.24) is 35.1 Å². The summed E-state index contributed by atoms with van der Waals surface area (Å²) in [6.07, 6.45) is 7.76. The molecule has 6 aromatic rings. The van der Waals surface area contributed by atoms with E-state index in [1.807, 2.05) is 0 Å². The van der Waals surface area contributed by atoms with Crippen LogP contribution in [0.25, 0.3) is 56.0 Å². The quantitative estimate of drug-likeness (QED) is 0.292. The Labute approximate surface area is 213 Å². The maximum Gasteiger partial charge on any atom is 0.227 e. The molecule has 0 radical (unpaired) electrons. The van der Waals surface area contributed by atoms with E-state index in [4.69, 9.17) is 0 Å². The number of imidazole rings is 1. The van der Waals surface area contributed by atoms with Gasteiger partial charge in [0, 0.05) is 41.2 Å². The van der Waals surface area contributed by atoms with E-state index < -0.39 is 5.82 Å². The van der Waals surface area contributed by atoms with Crippen LogP contribution in [0.1, 0.15) is 12.8 Å². The van der Waals surface area contributed by atoms with Gasteiger partial charge in [-0.3, -0.25) is 14.9 Å². The number of nitrogens with zero attached hydrogens (tertiary/aromatic N) is 5. The minimum atomic E-state index is -0.565. The van der Waals surface area contributed by atoms with E-state index >= 15 is 4.39 Å². The predicted octanol–water partition coefficient (Wildman–Crippen LogP) is 5.25. The van der Waals surface area contributed by atoms with Crippen LogP contribution in [-0.4, -0.2) is 41.0 Å². The van der Waals surface area contributed by atoms with Gasteiger partial charge < -0.3 is 10.3 Å². The lowest BCUT2D eigenvalue weighted by Gasteiger charge is -2.08. The number of rotatable bonds is 5. The fraction of sp³-hybridized carbons (Fsp3) is 0.111. The highest BCUT2D eigenvalue weighted by Gasteiger charge is 2.29. The van der Waals surface area contributed by atoms with Crippen molar-refractivity contribution in [3.05, 3.63) is 72.8 Å². The molecule has 1 aliphatic carbocycles. The van der Waals surface area contributed by atoms with E-state index in [1.165, 1.54) is 30.7 Å². The first-order chi connectivity index (χ1) is 18.5. The minimum absolute atomic E-state index is 0.0293. The van der Waals surface area contributed by atoms with Gasteiger partial charge >= 0.3 is 0 Å². The molecule has 11 heteroatoms. The summed E-state index contributed by atoms with van der Waals surface area (Å²) < 4.78 is 29.9. The maximum absolute atomic E-state index is 16.0. The lowest BCUT2D eigenvalue weighted by atomic mass is 10.1. The van der Waals surface area contributed by atoms with Gasteiger partial charge in [0.15, 0.2) is 17.1 Å². The third kappa shape index (κ3) is 3.76. The number of carbonyl (C=O) groups excluding carboxylic acids is 1.